The van der Waals surface area contributed by atoms with Crippen LogP contribution in [0.1, 0.15) is 37.8 Å². The number of sulfonamides is 1. The molecule has 2 aromatic rings. The number of fused-ring (bicyclic) bond motifs is 1. The van der Waals surface area contributed by atoms with Crippen LogP contribution in [0, 0.1) is 12.8 Å². The molecule has 27 heavy (non-hydrogen) atoms. The van der Waals surface area contributed by atoms with Gasteiger partial charge >= 0.3 is 5.97 Å². The number of aromatic nitrogens is 3. The quantitative estimate of drug-likeness (QED) is 0.856. The fourth-order valence-corrected chi connectivity index (χ4v) is 6.46. The van der Waals surface area contributed by atoms with E-state index in [1.165, 1.54) is 15.2 Å². The average Bonchev–Trinajstić information content (AvgIpc) is 3.24. The minimum Gasteiger partial charge on any atom is -0.480 e. The minimum atomic E-state index is -3.98. The van der Waals surface area contributed by atoms with Gasteiger partial charge in [0.25, 0.3) is 0 Å². The molecule has 3 unspecified atom stereocenters. The highest BCUT2D eigenvalue weighted by Gasteiger charge is 2.51. The number of rotatable bonds is 4. The molecule has 3 atom stereocenters. The zero-order chi connectivity index (χ0) is 19.2. The first-order valence-electron chi connectivity index (χ1n) is 9.13. The lowest BCUT2D eigenvalue weighted by molar-refractivity contribution is -0.141. The van der Waals surface area contributed by atoms with Crippen molar-refractivity contribution in [2.45, 2.75) is 56.0 Å². The van der Waals surface area contributed by atoms with Crippen LogP contribution in [-0.4, -0.2) is 50.6 Å². The summed E-state index contributed by atoms with van der Waals surface area (Å²) in [6, 6.07) is 4.04. The van der Waals surface area contributed by atoms with Gasteiger partial charge in [-0.25, -0.2) is 18.1 Å². The Hall–Kier alpha value is -2.26. The zero-order valence-corrected chi connectivity index (χ0v) is 15.8. The largest absolute Gasteiger partial charge is 0.480 e. The molecule has 0 aromatic carbocycles. The monoisotopic (exact) mass is 390 g/mol. The lowest BCUT2D eigenvalue weighted by atomic mass is 9.85. The molecule has 1 saturated carbocycles. The first kappa shape index (κ1) is 18.1. The average molecular weight is 390 g/mol. The lowest BCUT2D eigenvalue weighted by Gasteiger charge is -2.31. The van der Waals surface area contributed by atoms with E-state index < -0.39 is 22.0 Å². The normalized spacial score (nSPS) is 26.0. The van der Waals surface area contributed by atoms with E-state index in [2.05, 4.69) is 10.1 Å². The van der Waals surface area contributed by atoms with E-state index in [0.29, 0.717) is 24.4 Å². The first-order chi connectivity index (χ1) is 12.9. The molecule has 0 radical (unpaired) electrons. The molecule has 144 valence electrons. The van der Waals surface area contributed by atoms with Crippen LogP contribution in [0.25, 0.3) is 5.82 Å². The van der Waals surface area contributed by atoms with Gasteiger partial charge in [0.15, 0.2) is 5.82 Å². The molecule has 1 aliphatic heterocycles. The van der Waals surface area contributed by atoms with Gasteiger partial charge in [-0.2, -0.15) is 9.40 Å². The Balaban J connectivity index is 1.76. The first-order valence-corrected chi connectivity index (χ1v) is 10.6. The van der Waals surface area contributed by atoms with Crippen LogP contribution in [0.3, 0.4) is 0 Å². The van der Waals surface area contributed by atoms with Crippen LogP contribution in [0.4, 0.5) is 0 Å². The topological polar surface area (TPSA) is 105 Å². The molecule has 1 saturated heterocycles. The third-order valence-corrected chi connectivity index (χ3v) is 7.74. The van der Waals surface area contributed by atoms with Crippen molar-refractivity contribution in [2.75, 3.05) is 0 Å². The molecule has 0 spiro atoms. The van der Waals surface area contributed by atoms with Gasteiger partial charge < -0.3 is 5.11 Å². The fourth-order valence-electron chi connectivity index (χ4n) is 4.45. The van der Waals surface area contributed by atoms with E-state index in [1.807, 2.05) is 0 Å². The Labute approximate surface area is 157 Å². The summed E-state index contributed by atoms with van der Waals surface area (Å²) in [5.41, 5.74) is 0.428. The van der Waals surface area contributed by atoms with Gasteiger partial charge in [0.05, 0.1) is 11.9 Å². The number of carboxylic acids is 1. The highest BCUT2D eigenvalue weighted by Crippen LogP contribution is 2.43. The molecule has 4 rings (SSSR count). The van der Waals surface area contributed by atoms with E-state index >= 15 is 0 Å². The Morgan fingerprint density at radius 3 is 2.74 bits per heavy atom. The molecule has 0 bridgehead atoms. The van der Waals surface area contributed by atoms with Crippen LogP contribution in [0.15, 0.2) is 35.5 Å². The van der Waals surface area contributed by atoms with E-state index in [0.717, 1.165) is 19.3 Å². The molecular formula is C18H22N4O4S. The Morgan fingerprint density at radius 2 is 2.04 bits per heavy atom. The van der Waals surface area contributed by atoms with Crippen LogP contribution in [-0.2, 0) is 14.8 Å². The summed E-state index contributed by atoms with van der Waals surface area (Å²) >= 11 is 0. The zero-order valence-electron chi connectivity index (χ0n) is 15.0. The van der Waals surface area contributed by atoms with E-state index in [4.69, 9.17) is 0 Å². The van der Waals surface area contributed by atoms with E-state index in [1.54, 1.807) is 31.3 Å². The second-order valence-corrected chi connectivity index (χ2v) is 9.04. The van der Waals surface area contributed by atoms with Crippen molar-refractivity contribution in [1.82, 2.24) is 19.1 Å². The van der Waals surface area contributed by atoms with Crippen LogP contribution >= 0.6 is 0 Å². The molecule has 2 fully saturated rings. The van der Waals surface area contributed by atoms with Crippen LogP contribution in [0.2, 0.25) is 0 Å². The number of pyridine rings is 1. The van der Waals surface area contributed by atoms with Crippen molar-refractivity contribution in [2.24, 2.45) is 5.92 Å². The maximum Gasteiger partial charge on any atom is 0.322 e. The lowest BCUT2D eigenvalue weighted by Crippen LogP contribution is -2.46. The smallest absolute Gasteiger partial charge is 0.322 e. The Kier molecular flexibility index (Phi) is 4.51. The van der Waals surface area contributed by atoms with Crippen LogP contribution < -0.4 is 0 Å². The molecule has 2 aromatic heterocycles. The number of nitrogens with zero attached hydrogens (tertiary/aromatic N) is 4. The molecule has 1 aliphatic carbocycles. The predicted molar refractivity (Wildman–Crippen MR) is 96.9 cm³/mol. The van der Waals surface area contributed by atoms with Gasteiger partial charge in [-0.3, -0.25) is 4.79 Å². The van der Waals surface area contributed by atoms with Gasteiger partial charge in [0, 0.05) is 12.2 Å². The highest BCUT2D eigenvalue weighted by atomic mass is 32.2. The van der Waals surface area contributed by atoms with Gasteiger partial charge in [0.2, 0.25) is 10.0 Å². The number of hydrogen-bond donors (Lipinski definition) is 1. The highest BCUT2D eigenvalue weighted by molar-refractivity contribution is 7.89. The molecule has 1 N–H and O–H groups in total. The van der Waals surface area contributed by atoms with Crippen molar-refractivity contribution < 1.29 is 18.3 Å². The van der Waals surface area contributed by atoms with E-state index in [-0.39, 0.29) is 16.9 Å². The predicted octanol–water partition coefficient (Wildman–Crippen LogP) is 1.98. The van der Waals surface area contributed by atoms with E-state index in [9.17, 15) is 18.3 Å². The maximum atomic E-state index is 13.5. The molecule has 9 heteroatoms. The van der Waals surface area contributed by atoms with Crippen molar-refractivity contribution in [3.8, 4) is 5.82 Å². The summed E-state index contributed by atoms with van der Waals surface area (Å²) in [5.74, 6) is -0.452. The molecule has 3 heterocycles. The second kappa shape index (κ2) is 6.72. The third kappa shape index (κ3) is 2.94. The summed E-state index contributed by atoms with van der Waals surface area (Å²) < 4.78 is 29.6. The summed E-state index contributed by atoms with van der Waals surface area (Å²) in [7, 11) is -3.98. The third-order valence-electron chi connectivity index (χ3n) is 5.70. The standard InChI is InChI=1S/C18H22N4O4S/c1-12-16(11-20-21(12)17-8-4-5-9-19-17)27(25,26)22-14-7-3-2-6-13(14)10-15(22)18(23)24/h4-5,8-9,11,13-15H,2-3,6-7,10H2,1H3,(H,23,24). The molecular weight excluding hydrogens is 368 g/mol. The fraction of sp³-hybridized carbons (Fsp3) is 0.500. The minimum absolute atomic E-state index is 0.0469. The molecule has 8 nitrogen and oxygen atoms in total. The summed E-state index contributed by atoms with van der Waals surface area (Å²) in [4.78, 5) is 16.1. The maximum absolute atomic E-state index is 13.5. The Bertz CT molecular complexity index is 957. The number of aliphatic carboxylic acids is 1. The Morgan fingerprint density at radius 1 is 1.26 bits per heavy atom. The SMILES string of the molecule is Cc1c(S(=O)(=O)N2C(C(=O)O)CC3CCCCC32)cnn1-c1ccccn1. The van der Waals surface area contributed by atoms with Crippen molar-refractivity contribution in [3.63, 3.8) is 0 Å². The number of carboxylic acid groups (broad SMARTS) is 1. The summed E-state index contributed by atoms with van der Waals surface area (Å²) in [5, 5.41) is 13.9. The second-order valence-electron chi connectivity index (χ2n) is 7.23. The van der Waals surface area contributed by atoms with Crippen molar-refractivity contribution >= 4 is 16.0 Å². The summed E-state index contributed by atoms with van der Waals surface area (Å²) in [6.45, 7) is 1.67. The molecule has 0 amide bonds. The van der Waals surface area contributed by atoms with Gasteiger partial charge in [-0.05, 0) is 44.2 Å². The van der Waals surface area contributed by atoms with Crippen LogP contribution in [0.5, 0.6) is 0 Å². The number of carbonyl (C=O) groups is 1. The van der Waals surface area contributed by atoms with Gasteiger partial charge in [0.1, 0.15) is 10.9 Å². The summed E-state index contributed by atoms with van der Waals surface area (Å²) in [6.07, 6.45) is 6.83. The number of hydrogen-bond acceptors (Lipinski definition) is 5. The van der Waals surface area contributed by atoms with Gasteiger partial charge in [-0.1, -0.05) is 18.9 Å². The van der Waals surface area contributed by atoms with Crippen molar-refractivity contribution in [1.29, 1.82) is 0 Å². The van der Waals surface area contributed by atoms with Gasteiger partial charge in [-0.15, -0.1) is 0 Å². The molecule has 2 aliphatic rings. The van der Waals surface area contributed by atoms with Crippen molar-refractivity contribution in [3.05, 3.63) is 36.3 Å².